The summed E-state index contributed by atoms with van der Waals surface area (Å²) in [5, 5.41) is 14.7. The summed E-state index contributed by atoms with van der Waals surface area (Å²) in [5.74, 6) is 0.762. The molecule has 4 rings (SSSR count). The summed E-state index contributed by atoms with van der Waals surface area (Å²) in [5.41, 5.74) is 5.20. The first kappa shape index (κ1) is 17.1. The van der Waals surface area contributed by atoms with Crippen molar-refractivity contribution in [3.8, 4) is 11.3 Å². The van der Waals surface area contributed by atoms with Gasteiger partial charge in [-0.3, -0.25) is 0 Å². The number of aryl methyl sites for hydroxylation is 1. The van der Waals surface area contributed by atoms with Gasteiger partial charge < -0.3 is 0 Å². The maximum atomic E-state index is 6.06. The molecule has 0 fully saturated rings. The molecule has 0 spiro atoms. The third-order valence-electron chi connectivity index (χ3n) is 4.15. The maximum Gasteiger partial charge on any atom is 0.212 e. The molecule has 0 aliphatic carbocycles. The normalized spacial score (nSPS) is 11.2. The Kier molecular flexibility index (Phi) is 4.91. The van der Waals surface area contributed by atoms with E-state index in [0.29, 0.717) is 0 Å². The van der Waals surface area contributed by atoms with Gasteiger partial charge in [0.05, 0.1) is 5.69 Å². The number of hydrogen-bond acceptors (Lipinski definition) is 4. The Hall–Kier alpha value is -2.37. The number of thioether (sulfide) groups is 1. The van der Waals surface area contributed by atoms with Crippen LogP contribution in [0.5, 0.6) is 0 Å². The highest BCUT2D eigenvalue weighted by Gasteiger charge is 2.10. The quantitative estimate of drug-likeness (QED) is 0.440. The Balaban J connectivity index is 1.61. The molecule has 4 aromatic rings. The first-order valence-corrected chi connectivity index (χ1v) is 9.78. The molecule has 0 unspecified atom stereocenters. The molecule has 0 bridgehead atoms. The minimum absolute atomic E-state index is 0.741. The molecular weight excluding hydrogens is 364 g/mol. The van der Waals surface area contributed by atoms with Crippen LogP contribution >= 0.6 is 23.4 Å². The lowest BCUT2D eigenvalue weighted by molar-refractivity contribution is 0.813. The number of aromatic nitrogens is 4. The number of fused-ring (bicyclic) bond motifs is 1. The fourth-order valence-electron chi connectivity index (χ4n) is 2.70. The van der Waals surface area contributed by atoms with Gasteiger partial charge >= 0.3 is 0 Å². The van der Waals surface area contributed by atoms with Crippen molar-refractivity contribution in [3.63, 3.8) is 0 Å². The van der Waals surface area contributed by atoms with Crippen LogP contribution in [0.2, 0.25) is 5.02 Å². The largest absolute Gasteiger partial charge is 0.212 e. The Morgan fingerprint density at radius 3 is 2.58 bits per heavy atom. The van der Waals surface area contributed by atoms with Gasteiger partial charge in [-0.05, 0) is 41.8 Å². The third kappa shape index (κ3) is 3.59. The van der Waals surface area contributed by atoms with Gasteiger partial charge in [0.1, 0.15) is 0 Å². The average molecular weight is 381 g/mol. The highest BCUT2D eigenvalue weighted by atomic mass is 35.5. The van der Waals surface area contributed by atoms with E-state index in [1.54, 1.807) is 16.3 Å². The third-order valence-corrected chi connectivity index (χ3v) is 5.37. The molecule has 2 heterocycles. The van der Waals surface area contributed by atoms with Gasteiger partial charge in [-0.15, -0.1) is 10.2 Å². The van der Waals surface area contributed by atoms with Crippen molar-refractivity contribution in [1.82, 2.24) is 19.8 Å². The molecular formula is C20H17ClN4S. The van der Waals surface area contributed by atoms with Crippen LogP contribution < -0.4 is 0 Å². The Labute approximate surface area is 161 Å². The summed E-state index contributed by atoms with van der Waals surface area (Å²) < 4.78 is 1.80. The molecule has 0 saturated heterocycles. The van der Waals surface area contributed by atoms with Crippen molar-refractivity contribution in [2.45, 2.75) is 24.3 Å². The Bertz CT molecular complexity index is 1040. The van der Waals surface area contributed by atoms with E-state index in [2.05, 4.69) is 47.5 Å². The van der Waals surface area contributed by atoms with Gasteiger partial charge in [0, 0.05) is 16.3 Å². The van der Waals surface area contributed by atoms with Crippen molar-refractivity contribution in [3.05, 3.63) is 76.8 Å². The van der Waals surface area contributed by atoms with Gasteiger partial charge in [-0.2, -0.15) is 9.61 Å². The van der Waals surface area contributed by atoms with Crippen LogP contribution in [0.25, 0.3) is 16.9 Å². The summed E-state index contributed by atoms with van der Waals surface area (Å²) in [6.07, 6.45) is 1.03. The lowest BCUT2D eigenvalue weighted by atomic mass is 10.1. The standard InChI is InChI=1S/C20H17ClN4S/c1-2-14-6-8-16(9-7-14)18-10-11-19-22-23-20(25(19)24-18)26-13-15-4-3-5-17(21)12-15/h3-12H,2,13H2,1H3. The van der Waals surface area contributed by atoms with E-state index in [0.717, 1.165) is 44.8 Å². The summed E-state index contributed by atoms with van der Waals surface area (Å²) in [4.78, 5) is 0. The molecule has 0 radical (unpaired) electrons. The highest BCUT2D eigenvalue weighted by Crippen LogP contribution is 2.24. The van der Waals surface area contributed by atoms with Crippen molar-refractivity contribution in [1.29, 1.82) is 0 Å². The van der Waals surface area contributed by atoms with Crippen LogP contribution in [-0.2, 0) is 12.2 Å². The van der Waals surface area contributed by atoms with E-state index in [4.69, 9.17) is 16.7 Å². The fraction of sp³-hybridized carbons (Fsp3) is 0.150. The van der Waals surface area contributed by atoms with Crippen LogP contribution in [0.3, 0.4) is 0 Å². The Morgan fingerprint density at radius 1 is 0.962 bits per heavy atom. The minimum Gasteiger partial charge on any atom is -0.187 e. The molecule has 2 aromatic heterocycles. The van der Waals surface area contributed by atoms with Crippen LogP contribution in [0.1, 0.15) is 18.1 Å². The van der Waals surface area contributed by atoms with Crippen molar-refractivity contribution >= 4 is 29.0 Å². The van der Waals surface area contributed by atoms with E-state index in [-0.39, 0.29) is 0 Å². The second-order valence-corrected chi connectivity index (χ2v) is 7.32. The second-order valence-electron chi connectivity index (χ2n) is 5.94. The monoisotopic (exact) mass is 380 g/mol. The molecule has 2 aromatic carbocycles. The van der Waals surface area contributed by atoms with Gasteiger partial charge in [0.25, 0.3) is 0 Å². The highest BCUT2D eigenvalue weighted by molar-refractivity contribution is 7.98. The number of nitrogens with zero attached hydrogens (tertiary/aromatic N) is 4. The Morgan fingerprint density at radius 2 is 1.81 bits per heavy atom. The summed E-state index contributed by atoms with van der Waals surface area (Å²) in [6.45, 7) is 2.15. The molecule has 6 heteroatoms. The van der Waals surface area contributed by atoms with E-state index in [1.807, 2.05) is 30.3 Å². The summed E-state index contributed by atoms with van der Waals surface area (Å²) in [7, 11) is 0. The lowest BCUT2D eigenvalue weighted by Crippen LogP contribution is -1.96. The van der Waals surface area contributed by atoms with E-state index in [9.17, 15) is 0 Å². The van der Waals surface area contributed by atoms with Gasteiger partial charge in [-0.1, -0.05) is 66.7 Å². The molecule has 0 amide bonds. The summed E-state index contributed by atoms with van der Waals surface area (Å²) in [6, 6.07) is 20.3. The summed E-state index contributed by atoms with van der Waals surface area (Å²) >= 11 is 7.65. The minimum atomic E-state index is 0.741. The van der Waals surface area contributed by atoms with Gasteiger partial charge in [0.2, 0.25) is 5.16 Å². The van der Waals surface area contributed by atoms with Gasteiger partial charge in [-0.25, -0.2) is 0 Å². The zero-order valence-electron chi connectivity index (χ0n) is 14.3. The number of benzene rings is 2. The number of hydrogen-bond donors (Lipinski definition) is 0. The molecule has 0 N–H and O–H groups in total. The van der Waals surface area contributed by atoms with Crippen LogP contribution in [0, 0.1) is 0 Å². The van der Waals surface area contributed by atoms with Crippen molar-refractivity contribution in [2.75, 3.05) is 0 Å². The van der Waals surface area contributed by atoms with Gasteiger partial charge in [0.15, 0.2) is 5.65 Å². The van der Waals surface area contributed by atoms with E-state index >= 15 is 0 Å². The van der Waals surface area contributed by atoms with Crippen LogP contribution in [-0.4, -0.2) is 19.8 Å². The van der Waals surface area contributed by atoms with Crippen LogP contribution in [0.15, 0.2) is 65.8 Å². The first-order valence-electron chi connectivity index (χ1n) is 8.42. The predicted octanol–water partition coefficient (Wildman–Crippen LogP) is 5.30. The molecule has 130 valence electrons. The maximum absolute atomic E-state index is 6.06. The molecule has 0 aliphatic heterocycles. The van der Waals surface area contributed by atoms with E-state index in [1.165, 1.54) is 5.56 Å². The number of halogens is 1. The first-order chi connectivity index (χ1) is 12.7. The lowest BCUT2D eigenvalue weighted by Gasteiger charge is -2.04. The molecule has 0 saturated carbocycles. The molecule has 4 nitrogen and oxygen atoms in total. The van der Waals surface area contributed by atoms with E-state index < -0.39 is 0 Å². The smallest absolute Gasteiger partial charge is 0.187 e. The molecule has 26 heavy (non-hydrogen) atoms. The SMILES string of the molecule is CCc1ccc(-c2ccc3nnc(SCc4cccc(Cl)c4)n3n2)cc1. The average Bonchev–Trinajstić information content (AvgIpc) is 3.09. The molecule has 0 aliphatic rings. The number of rotatable bonds is 5. The topological polar surface area (TPSA) is 43.1 Å². The zero-order chi connectivity index (χ0) is 17.9. The molecule has 0 atom stereocenters. The predicted molar refractivity (Wildman–Crippen MR) is 107 cm³/mol. The zero-order valence-corrected chi connectivity index (χ0v) is 15.8. The van der Waals surface area contributed by atoms with Crippen molar-refractivity contribution in [2.24, 2.45) is 0 Å². The fourth-order valence-corrected chi connectivity index (χ4v) is 3.74. The van der Waals surface area contributed by atoms with Crippen LogP contribution in [0.4, 0.5) is 0 Å². The second kappa shape index (κ2) is 7.48. The van der Waals surface area contributed by atoms with Crippen molar-refractivity contribution < 1.29 is 0 Å².